The number of halogens is 2. The van der Waals surface area contributed by atoms with Crippen LogP contribution in [-0.4, -0.2) is 121 Å². The van der Waals surface area contributed by atoms with Gasteiger partial charge in [-0.25, -0.2) is 25.3 Å². The normalized spacial score (nSPS) is 13.5. The van der Waals surface area contributed by atoms with E-state index in [0.717, 1.165) is 0 Å². The third kappa shape index (κ3) is 64.4. The molecule has 26 heteroatoms. The van der Waals surface area contributed by atoms with E-state index in [0.29, 0.717) is 0 Å². The van der Waals surface area contributed by atoms with Gasteiger partial charge in [-0.2, -0.15) is 25.3 Å². The number of hydrogen-bond donors (Lipinski definition) is 1. The zero-order valence-electron chi connectivity index (χ0n) is 34.4. The second kappa shape index (κ2) is 27.1. The van der Waals surface area contributed by atoms with E-state index in [2.05, 4.69) is 4.18 Å². The van der Waals surface area contributed by atoms with Gasteiger partial charge in [0.2, 0.25) is 18.1 Å². The molecule has 0 spiro atoms. The minimum absolute atomic E-state index is 0. The minimum Gasteiger partial charge on any atom is -0.748 e. The Kier molecular flexibility index (Phi) is 32.1. The van der Waals surface area contributed by atoms with Crippen molar-refractivity contribution < 1.29 is 102 Å². The van der Waals surface area contributed by atoms with E-state index in [4.69, 9.17) is 34.8 Å². The zero-order valence-corrected chi connectivity index (χ0v) is 42.8. The molecule has 0 rings (SSSR count). The molecule has 0 atom stereocenters. The molecule has 0 fully saturated rings. The van der Waals surface area contributed by atoms with Crippen molar-refractivity contribution in [2.75, 3.05) is 60.9 Å². The Balaban J connectivity index is -0.000000217. The number of hydrogen-bond acceptors (Lipinski definition) is 17. The maximum Gasteiger partial charge on any atom is 1.00 e. The van der Waals surface area contributed by atoms with E-state index in [-0.39, 0.29) is 120 Å². The van der Waals surface area contributed by atoms with Gasteiger partial charge in [-0.05, 0) is 40.9 Å². The summed E-state index contributed by atoms with van der Waals surface area (Å²) in [6.07, 6.45) is -0.352. The van der Waals surface area contributed by atoms with E-state index in [9.17, 15) is 55.1 Å². The van der Waals surface area contributed by atoms with Crippen molar-refractivity contribution in [3.8, 4) is 0 Å². The van der Waals surface area contributed by atoms with Crippen molar-refractivity contribution in [2.24, 2.45) is 21.7 Å². The van der Waals surface area contributed by atoms with Crippen molar-refractivity contribution in [3.63, 3.8) is 0 Å². The Bertz CT molecular complexity index is 1640. The fourth-order valence-electron chi connectivity index (χ4n) is 2.21. The predicted octanol–water partition coefficient (Wildman–Crippen LogP) is 1.02. The number of aliphatic hydroxyl groups excluding tert-OH is 1. The van der Waals surface area contributed by atoms with Crippen molar-refractivity contribution in [3.05, 3.63) is 0 Å². The third-order valence-corrected chi connectivity index (χ3v) is 11.9. The molecule has 0 aromatic rings. The molecule has 0 aliphatic rings. The first-order valence-electron chi connectivity index (χ1n) is 16.3. The Morgan fingerprint density at radius 2 is 0.636 bits per heavy atom. The van der Waals surface area contributed by atoms with Crippen molar-refractivity contribution in [2.45, 2.75) is 102 Å². The number of aliphatic hydroxyl groups is 1. The average molecular weight is 970 g/mol. The molecule has 0 saturated carbocycles. The fraction of sp³-hybridized carbons (Fsp3) is 1.00. The van der Waals surface area contributed by atoms with Crippen molar-refractivity contribution in [1.29, 1.82) is 0 Å². The first kappa shape index (κ1) is 65.2. The average Bonchev–Trinajstić information content (AvgIpc) is 2.87. The molecule has 332 valence electrons. The molecule has 55 heavy (non-hydrogen) atoms. The largest absolute Gasteiger partial charge is 1.00 e. The second-order valence-electron chi connectivity index (χ2n) is 16.8. The van der Waals surface area contributed by atoms with Crippen LogP contribution in [-0.2, 0) is 71.1 Å². The first-order chi connectivity index (χ1) is 23.3. The molecule has 0 amide bonds. The Hall–Kier alpha value is 1.08. The molecule has 1 N–H and O–H groups in total. The van der Waals surface area contributed by atoms with Crippen LogP contribution in [0.5, 0.6) is 0 Å². The summed E-state index contributed by atoms with van der Waals surface area (Å²) in [4.78, 5) is 0. The molecule has 0 heterocycles. The van der Waals surface area contributed by atoms with Gasteiger partial charge in [0, 0.05) is 33.7 Å². The molecule has 0 aliphatic carbocycles. The van der Waals surface area contributed by atoms with Gasteiger partial charge in [0.15, 0.2) is 0 Å². The minimum atomic E-state index is -4.36. The maximum absolute atomic E-state index is 11.6. The van der Waals surface area contributed by atoms with E-state index in [1.807, 2.05) is 83.1 Å². The van der Waals surface area contributed by atoms with Crippen molar-refractivity contribution in [1.82, 2.24) is 0 Å². The van der Waals surface area contributed by atoms with Crippen LogP contribution in [0.3, 0.4) is 0 Å². The van der Waals surface area contributed by atoms with Crippen LogP contribution in [0.25, 0.3) is 0 Å². The summed E-state index contributed by atoms with van der Waals surface area (Å²) in [5.41, 5.74) is -0.735. The molecular formula is C29H63Cl2NaO17S6. The molecule has 0 aromatic heterocycles. The Labute approximate surface area is 364 Å². The molecule has 0 aliphatic heterocycles. The SMILES string of the molecule is CC(C)(C)CO.CC(C)(C)COS(=O)(=O)CCCS(=O)(=O)OCC(C)(C)C.CC(C)(C)COS(=O)(=O)CCCS(=O)(=O)[O-].O=S(=O)(Cl)CCCS(=O)(=O)Cl.[Na+]. The maximum atomic E-state index is 11.6. The monoisotopic (exact) mass is 968 g/mol. The fourth-order valence-corrected chi connectivity index (χ4v) is 8.33. The van der Waals surface area contributed by atoms with Crippen LogP contribution < -0.4 is 29.6 Å². The van der Waals surface area contributed by atoms with Gasteiger partial charge in [-0.15, -0.1) is 0 Å². The molecule has 0 saturated heterocycles. The summed E-state index contributed by atoms with van der Waals surface area (Å²) in [5, 5.41) is 8.40. The Morgan fingerprint density at radius 3 is 0.800 bits per heavy atom. The summed E-state index contributed by atoms with van der Waals surface area (Å²) < 4.78 is 155. The predicted molar refractivity (Wildman–Crippen MR) is 212 cm³/mol. The standard InChI is InChI=1S/C13H28O6S2.C8H18O6S2.C5H12O.C3H6Cl2O4S2.Na/c1-12(2,3)10-18-20(14,15)8-7-9-21(16,17)19-11-13(4,5)6;1-8(2,3)7-14-16(12,13)6-4-5-15(9,10)11;1-5(2,3)4-6;4-10(6,7)2-1-3-11(5,8)9;/h7-11H2,1-6H3;4-7H2,1-3H3,(H,9,10,11);6H,4H2,1-3H3;1-3H2;/q;;;;+1/p-1. The second-order valence-corrected chi connectivity index (χ2v) is 29.4. The summed E-state index contributed by atoms with van der Waals surface area (Å²) >= 11 is 0. The summed E-state index contributed by atoms with van der Waals surface area (Å²) in [5.74, 6) is -2.56. The van der Waals surface area contributed by atoms with Gasteiger partial charge in [-0.1, -0.05) is 83.1 Å². The molecule has 0 radical (unpaired) electrons. The molecule has 0 aromatic carbocycles. The van der Waals surface area contributed by atoms with E-state index in [1.54, 1.807) is 0 Å². The van der Waals surface area contributed by atoms with Crippen LogP contribution in [0.2, 0.25) is 0 Å². The van der Waals surface area contributed by atoms with Crippen molar-refractivity contribution >= 4 is 79.9 Å². The van der Waals surface area contributed by atoms with Crippen LogP contribution >= 0.6 is 21.4 Å². The van der Waals surface area contributed by atoms with Crippen LogP contribution in [0, 0.1) is 21.7 Å². The van der Waals surface area contributed by atoms with Gasteiger partial charge in [0.05, 0.1) is 58.7 Å². The van der Waals surface area contributed by atoms with Gasteiger partial charge in [0.1, 0.15) is 0 Å². The van der Waals surface area contributed by atoms with E-state index >= 15 is 0 Å². The molecular weight excluding hydrogens is 907 g/mol. The molecule has 0 unspecified atom stereocenters. The van der Waals surface area contributed by atoms with Crippen LogP contribution in [0.4, 0.5) is 0 Å². The summed E-state index contributed by atoms with van der Waals surface area (Å²) in [6.45, 7) is 23.0. The Morgan fingerprint density at radius 1 is 0.436 bits per heavy atom. The quantitative estimate of drug-likeness (QED) is 0.0869. The summed E-state index contributed by atoms with van der Waals surface area (Å²) in [7, 11) is -13.1. The van der Waals surface area contributed by atoms with Gasteiger partial charge >= 0.3 is 29.6 Å². The van der Waals surface area contributed by atoms with E-state index in [1.165, 1.54) is 0 Å². The van der Waals surface area contributed by atoms with E-state index < -0.39 is 70.1 Å². The van der Waals surface area contributed by atoms with Gasteiger partial charge < -0.3 is 9.66 Å². The summed E-state index contributed by atoms with van der Waals surface area (Å²) in [6, 6.07) is 0. The smallest absolute Gasteiger partial charge is 0.748 e. The van der Waals surface area contributed by atoms with Crippen LogP contribution in [0.1, 0.15) is 102 Å². The number of rotatable bonds is 18. The zero-order chi connectivity index (χ0) is 44.3. The van der Waals surface area contributed by atoms with Gasteiger partial charge in [-0.3, -0.25) is 12.5 Å². The van der Waals surface area contributed by atoms with Gasteiger partial charge in [0.25, 0.3) is 30.4 Å². The molecule has 17 nitrogen and oxygen atoms in total. The topological polar surface area (TPSA) is 276 Å². The molecule has 0 bridgehead atoms. The third-order valence-electron chi connectivity index (χ3n) is 4.84. The van der Waals surface area contributed by atoms with Crippen LogP contribution in [0.15, 0.2) is 0 Å². The first-order valence-corrected chi connectivity index (χ1v) is 27.6.